The van der Waals surface area contributed by atoms with Crippen LogP contribution >= 0.6 is 11.3 Å². The van der Waals surface area contributed by atoms with Gasteiger partial charge in [0, 0.05) is 48.5 Å². The largest absolute Gasteiger partial charge is 0.369 e. The van der Waals surface area contributed by atoms with Gasteiger partial charge in [0.15, 0.2) is 0 Å². The van der Waals surface area contributed by atoms with Crippen molar-refractivity contribution in [1.82, 2.24) is 9.88 Å². The summed E-state index contributed by atoms with van der Waals surface area (Å²) in [6, 6.07) is 12.5. The van der Waals surface area contributed by atoms with Crippen molar-refractivity contribution < 1.29 is 9.18 Å². The van der Waals surface area contributed by atoms with Crippen LogP contribution < -0.4 is 10.2 Å². The van der Waals surface area contributed by atoms with Crippen molar-refractivity contribution in [2.45, 2.75) is 13.3 Å². The molecule has 2 heterocycles. The van der Waals surface area contributed by atoms with Gasteiger partial charge >= 0.3 is 0 Å². The second-order valence-electron chi connectivity index (χ2n) is 7.67. The van der Waals surface area contributed by atoms with Crippen LogP contribution in [0.1, 0.15) is 11.3 Å². The van der Waals surface area contributed by atoms with Gasteiger partial charge < -0.3 is 15.1 Å². The van der Waals surface area contributed by atoms with Gasteiger partial charge in [-0.2, -0.15) is 0 Å². The average Bonchev–Trinajstić information content (AvgIpc) is 3.18. The lowest BCUT2D eigenvalue weighted by Crippen LogP contribution is -2.44. The third-order valence-corrected chi connectivity index (χ3v) is 6.26. The number of carbonyl (C=O) groups is 1. The molecule has 5 nitrogen and oxygen atoms in total. The summed E-state index contributed by atoms with van der Waals surface area (Å²) in [5, 5.41) is 5.56. The number of likely N-dealkylation sites (N-methyl/N-ethyl adjacent to an activating group) is 1. The van der Waals surface area contributed by atoms with Gasteiger partial charge in [-0.25, -0.2) is 9.37 Å². The zero-order chi connectivity index (χ0) is 21.1. The fourth-order valence-electron chi connectivity index (χ4n) is 3.55. The van der Waals surface area contributed by atoms with Gasteiger partial charge in [-0.05, 0) is 49.9 Å². The van der Waals surface area contributed by atoms with Crippen molar-refractivity contribution in [2.75, 3.05) is 43.4 Å². The number of benzene rings is 2. The van der Waals surface area contributed by atoms with E-state index in [4.69, 9.17) is 0 Å². The summed E-state index contributed by atoms with van der Waals surface area (Å²) < 4.78 is 13.4. The molecule has 1 N–H and O–H groups in total. The Hall–Kier alpha value is -2.77. The van der Waals surface area contributed by atoms with Crippen molar-refractivity contribution >= 4 is 28.6 Å². The summed E-state index contributed by atoms with van der Waals surface area (Å²) in [6.45, 7) is 6.16. The molecule has 1 aliphatic heterocycles. The SMILES string of the molecule is Cc1cc(N2CCN(C)CC2)ccc1NC(=O)Cc1csc(-c2cccc(F)c2)n1. The summed E-state index contributed by atoms with van der Waals surface area (Å²) in [4.78, 5) is 21.7. The predicted molar refractivity (Wildman–Crippen MR) is 121 cm³/mol. The molecule has 0 atom stereocenters. The topological polar surface area (TPSA) is 48.5 Å². The number of anilines is 2. The van der Waals surface area contributed by atoms with E-state index >= 15 is 0 Å². The molecular weight excluding hydrogens is 399 g/mol. The molecule has 156 valence electrons. The maximum absolute atomic E-state index is 13.4. The zero-order valence-corrected chi connectivity index (χ0v) is 18.0. The molecule has 1 fully saturated rings. The van der Waals surface area contributed by atoms with Crippen LogP contribution in [0.15, 0.2) is 47.8 Å². The van der Waals surface area contributed by atoms with E-state index in [1.54, 1.807) is 6.07 Å². The second-order valence-corrected chi connectivity index (χ2v) is 8.53. The van der Waals surface area contributed by atoms with Crippen LogP contribution in [0.4, 0.5) is 15.8 Å². The number of hydrogen-bond acceptors (Lipinski definition) is 5. The number of amides is 1. The Balaban J connectivity index is 1.38. The van der Waals surface area contributed by atoms with E-state index in [-0.39, 0.29) is 18.1 Å². The summed E-state index contributed by atoms with van der Waals surface area (Å²) in [5.74, 6) is -0.404. The minimum Gasteiger partial charge on any atom is -0.369 e. The van der Waals surface area contributed by atoms with Gasteiger partial charge in [0.05, 0.1) is 12.1 Å². The molecular formula is C23H25FN4OS. The van der Waals surface area contributed by atoms with E-state index in [1.165, 1.54) is 29.2 Å². The number of aryl methyl sites for hydroxylation is 1. The monoisotopic (exact) mass is 424 g/mol. The first kappa shape index (κ1) is 20.5. The second kappa shape index (κ2) is 8.93. The summed E-state index contributed by atoms with van der Waals surface area (Å²) in [7, 11) is 2.14. The molecule has 0 radical (unpaired) electrons. The molecule has 2 aromatic carbocycles. The van der Waals surface area contributed by atoms with Crippen LogP contribution in [0.5, 0.6) is 0 Å². The van der Waals surface area contributed by atoms with Crippen LogP contribution in [0, 0.1) is 12.7 Å². The number of halogens is 1. The number of hydrogen-bond donors (Lipinski definition) is 1. The minimum atomic E-state index is -0.294. The van der Waals surface area contributed by atoms with Crippen molar-refractivity contribution in [3.63, 3.8) is 0 Å². The number of aromatic nitrogens is 1. The van der Waals surface area contributed by atoms with E-state index < -0.39 is 0 Å². The first-order valence-electron chi connectivity index (χ1n) is 10.0. The highest BCUT2D eigenvalue weighted by atomic mass is 32.1. The van der Waals surface area contributed by atoms with E-state index in [9.17, 15) is 9.18 Å². The molecule has 0 bridgehead atoms. The van der Waals surface area contributed by atoms with Crippen molar-refractivity contribution in [2.24, 2.45) is 0 Å². The standard InChI is InChI=1S/C23H25FN4OS/c1-16-12-20(28-10-8-27(2)9-11-28)6-7-21(16)26-22(29)14-19-15-30-23(25-19)17-4-3-5-18(24)13-17/h3-7,12-13,15H,8-11,14H2,1-2H3,(H,26,29). The fraction of sp³-hybridized carbons (Fsp3) is 0.304. The first-order chi connectivity index (χ1) is 14.5. The Bertz CT molecular complexity index is 1040. The number of nitrogens with zero attached hydrogens (tertiary/aromatic N) is 3. The number of nitrogens with one attached hydrogen (secondary N) is 1. The van der Waals surface area contributed by atoms with Gasteiger partial charge in [-0.15, -0.1) is 11.3 Å². The van der Waals surface area contributed by atoms with E-state index in [0.29, 0.717) is 10.7 Å². The molecule has 0 aliphatic carbocycles. The molecule has 30 heavy (non-hydrogen) atoms. The fourth-order valence-corrected chi connectivity index (χ4v) is 4.37. The highest BCUT2D eigenvalue weighted by molar-refractivity contribution is 7.13. The summed E-state index contributed by atoms with van der Waals surface area (Å²) in [5.41, 5.74) is 4.46. The Morgan fingerprint density at radius 3 is 2.70 bits per heavy atom. The van der Waals surface area contributed by atoms with Gasteiger partial charge in [0.2, 0.25) is 5.91 Å². The van der Waals surface area contributed by atoms with Crippen LogP contribution in [0.2, 0.25) is 0 Å². The van der Waals surface area contributed by atoms with E-state index in [2.05, 4.69) is 39.3 Å². The lowest BCUT2D eigenvalue weighted by molar-refractivity contribution is -0.115. The smallest absolute Gasteiger partial charge is 0.230 e. The van der Waals surface area contributed by atoms with Crippen molar-refractivity contribution in [3.8, 4) is 10.6 Å². The first-order valence-corrected chi connectivity index (χ1v) is 10.9. The Morgan fingerprint density at radius 2 is 1.97 bits per heavy atom. The van der Waals surface area contributed by atoms with Gasteiger partial charge in [-0.3, -0.25) is 4.79 Å². The highest BCUT2D eigenvalue weighted by Crippen LogP contribution is 2.26. The average molecular weight is 425 g/mol. The molecule has 3 aromatic rings. The molecule has 0 saturated carbocycles. The maximum Gasteiger partial charge on any atom is 0.230 e. The van der Waals surface area contributed by atoms with E-state index in [1.807, 2.05) is 24.4 Å². The number of rotatable bonds is 5. The molecule has 1 amide bonds. The van der Waals surface area contributed by atoms with Crippen LogP contribution in [-0.4, -0.2) is 49.0 Å². The lowest BCUT2D eigenvalue weighted by atomic mass is 10.1. The van der Waals surface area contributed by atoms with Crippen LogP contribution in [0.25, 0.3) is 10.6 Å². The summed E-state index contributed by atoms with van der Waals surface area (Å²) in [6.07, 6.45) is 0.186. The quantitative estimate of drug-likeness (QED) is 0.667. The Labute approximate surface area is 180 Å². The predicted octanol–water partition coefficient (Wildman–Crippen LogP) is 4.19. The normalized spacial score (nSPS) is 14.7. The third-order valence-electron chi connectivity index (χ3n) is 5.32. The Kier molecular flexibility index (Phi) is 6.11. The lowest BCUT2D eigenvalue weighted by Gasteiger charge is -2.34. The molecule has 7 heteroatoms. The van der Waals surface area contributed by atoms with Gasteiger partial charge in [0.25, 0.3) is 0 Å². The van der Waals surface area contributed by atoms with E-state index in [0.717, 1.165) is 43.0 Å². The van der Waals surface area contributed by atoms with Crippen molar-refractivity contribution in [1.29, 1.82) is 0 Å². The van der Waals surface area contributed by atoms with Crippen molar-refractivity contribution in [3.05, 3.63) is 64.9 Å². The summed E-state index contributed by atoms with van der Waals surface area (Å²) >= 11 is 1.41. The number of piperazine rings is 1. The highest BCUT2D eigenvalue weighted by Gasteiger charge is 2.16. The number of thiazole rings is 1. The molecule has 1 saturated heterocycles. The third kappa shape index (κ3) is 4.86. The Morgan fingerprint density at radius 1 is 1.17 bits per heavy atom. The zero-order valence-electron chi connectivity index (χ0n) is 17.2. The maximum atomic E-state index is 13.4. The van der Waals surface area contributed by atoms with Gasteiger partial charge in [0.1, 0.15) is 10.8 Å². The molecule has 0 unspecified atom stereocenters. The van der Waals surface area contributed by atoms with Gasteiger partial charge in [-0.1, -0.05) is 12.1 Å². The van der Waals surface area contributed by atoms with Crippen LogP contribution in [-0.2, 0) is 11.2 Å². The molecule has 1 aliphatic rings. The molecule has 4 rings (SSSR count). The molecule has 1 aromatic heterocycles. The van der Waals surface area contributed by atoms with Crippen LogP contribution in [0.3, 0.4) is 0 Å². The molecule has 0 spiro atoms. The minimum absolute atomic E-state index is 0.110. The number of carbonyl (C=O) groups excluding carboxylic acids is 1.